The van der Waals surface area contributed by atoms with Crippen LogP contribution in [0.3, 0.4) is 0 Å². The molecule has 1 aromatic heterocycles. The molecule has 0 unspecified atom stereocenters. The predicted molar refractivity (Wildman–Crippen MR) is 122 cm³/mol. The summed E-state index contributed by atoms with van der Waals surface area (Å²) in [7, 11) is -1.91. The van der Waals surface area contributed by atoms with Gasteiger partial charge < -0.3 is 9.64 Å². The Morgan fingerprint density at radius 2 is 2.00 bits per heavy atom. The van der Waals surface area contributed by atoms with Crippen molar-refractivity contribution in [1.29, 1.82) is 0 Å². The zero-order valence-electron chi connectivity index (χ0n) is 16.9. The Kier molecular flexibility index (Phi) is 6.50. The van der Waals surface area contributed by atoms with Gasteiger partial charge in [-0.05, 0) is 48.7 Å². The van der Waals surface area contributed by atoms with Crippen LogP contribution < -0.4 is 9.64 Å². The maximum Gasteiger partial charge on any atom is 0.185 e. The van der Waals surface area contributed by atoms with Crippen LogP contribution in [0.1, 0.15) is 24.1 Å². The minimum atomic E-state index is -3.56. The number of sulfone groups is 1. The summed E-state index contributed by atoms with van der Waals surface area (Å²) in [5.41, 5.74) is 2.10. The zero-order chi connectivity index (χ0) is 22.0. The molecule has 5 nitrogen and oxygen atoms in total. The molecule has 0 amide bonds. The van der Waals surface area contributed by atoms with Gasteiger partial charge in [-0.15, -0.1) is 11.3 Å². The van der Waals surface area contributed by atoms with E-state index < -0.39 is 20.9 Å². The van der Waals surface area contributed by atoms with Crippen molar-refractivity contribution < 1.29 is 17.5 Å². The number of hydrogen-bond donors (Lipinski definition) is 0. The topological polar surface area (TPSA) is 59.5 Å². The quantitative estimate of drug-likeness (QED) is 0.466. The fourth-order valence-electron chi connectivity index (χ4n) is 3.72. The molecule has 0 bridgehead atoms. The molecule has 0 spiro atoms. The van der Waals surface area contributed by atoms with E-state index in [1.807, 2.05) is 29.6 Å². The summed E-state index contributed by atoms with van der Waals surface area (Å²) < 4.78 is 44.5. The summed E-state index contributed by atoms with van der Waals surface area (Å²) in [5.74, 6) is 0.197. The molecular weight excluding hydrogens is 459 g/mol. The molecule has 1 aliphatic heterocycles. The van der Waals surface area contributed by atoms with Gasteiger partial charge in [0.2, 0.25) is 0 Å². The van der Waals surface area contributed by atoms with Crippen molar-refractivity contribution in [3.63, 3.8) is 0 Å². The van der Waals surface area contributed by atoms with E-state index in [4.69, 9.17) is 21.3 Å². The summed E-state index contributed by atoms with van der Waals surface area (Å²) in [6.45, 7) is 1.20. The van der Waals surface area contributed by atoms with Gasteiger partial charge in [0.1, 0.15) is 11.6 Å². The first kappa shape index (κ1) is 22.0. The third-order valence-electron chi connectivity index (χ3n) is 5.43. The van der Waals surface area contributed by atoms with Gasteiger partial charge in [0, 0.05) is 24.9 Å². The van der Waals surface area contributed by atoms with E-state index in [0.717, 1.165) is 28.2 Å². The molecule has 2 aromatic carbocycles. The first-order valence-corrected chi connectivity index (χ1v) is 12.7. The Morgan fingerprint density at radius 1 is 1.23 bits per heavy atom. The van der Waals surface area contributed by atoms with Gasteiger partial charge in [-0.2, -0.15) is 0 Å². The standard InChI is InChI=1S/C22H22ClFN2O3S2/c1-29-17-4-2-3-15(12-17)11-16-14-30-22(25-16)26-9-7-18(8-10-26)31(27,28)19-5-6-21(24)20(23)13-19/h2-6,12-14,18H,7-11H2,1H3. The zero-order valence-corrected chi connectivity index (χ0v) is 19.3. The first-order valence-electron chi connectivity index (χ1n) is 9.88. The molecule has 164 valence electrons. The molecule has 3 aromatic rings. The molecule has 9 heteroatoms. The van der Waals surface area contributed by atoms with Crippen molar-refractivity contribution in [1.82, 2.24) is 4.98 Å². The van der Waals surface area contributed by atoms with Gasteiger partial charge >= 0.3 is 0 Å². The molecule has 1 saturated heterocycles. The number of ether oxygens (including phenoxy) is 1. The highest BCUT2D eigenvalue weighted by atomic mass is 35.5. The lowest BCUT2D eigenvalue weighted by Gasteiger charge is -2.31. The van der Waals surface area contributed by atoms with Crippen molar-refractivity contribution in [2.45, 2.75) is 29.4 Å². The van der Waals surface area contributed by atoms with Crippen molar-refractivity contribution in [3.05, 3.63) is 69.9 Å². The Morgan fingerprint density at radius 3 is 2.71 bits per heavy atom. The first-order chi connectivity index (χ1) is 14.9. The lowest BCUT2D eigenvalue weighted by molar-refractivity contribution is 0.414. The monoisotopic (exact) mass is 480 g/mol. The number of nitrogens with zero attached hydrogens (tertiary/aromatic N) is 2. The van der Waals surface area contributed by atoms with Crippen LogP contribution in [0.5, 0.6) is 5.75 Å². The van der Waals surface area contributed by atoms with Gasteiger partial charge in [0.15, 0.2) is 15.0 Å². The van der Waals surface area contributed by atoms with Gasteiger partial charge in [-0.1, -0.05) is 23.7 Å². The number of hydrogen-bond acceptors (Lipinski definition) is 6. The summed E-state index contributed by atoms with van der Waals surface area (Å²) >= 11 is 7.35. The highest BCUT2D eigenvalue weighted by Gasteiger charge is 2.32. The molecule has 0 aliphatic carbocycles. The average molecular weight is 481 g/mol. The maximum atomic E-state index is 13.4. The van der Waals surface area contributed by atoms with E-state index in [1.165, 1.54) is 12.1 Å². The molecule has 0 saturated carbocycles. The van der Waals surface area contributed by atoms with E-state index in [2.05, 4.69) is 4.90 Å². The molecule has 4 rings (SSSR count). The van der Waals surface area contributed by atoms with Crippen LogP contribution in [-0.2, 0) is 16.3 Å². The van der Waals surface area contributed by atoms with Gasteiger partial charge in [0.25, 0.3) is 0 Å². The molecule has 2 heterocycles. The van der Waals surface area contributed by atoms with Crippen molar-refractivity contribution in [2.24, 2.45) is 0 Å². The Labute approximate surface area is 190 Å². The largest absolute Gasteiger partial charge is 0.497 e. The number of anilines is 1. The van der Waals surface area contributed by atoms with Crippen LogP contribution in [0.4, 0.5) is 9.52 Å². The van der Waals surface area contributed by atoms with Crippen molar-refractivity contribution in [2.75, 3.05) is 25.1 Å². The predicted octanol–water partition coefficient (Wildman–Crippen LogP) is 4.98. The van der Waals surface area contributed by atoms with Crippen molar-refractivity contribution in [3.8, 4) is 5.75 Å². The van der Waals surface area contributed by atoms with Crippen LogP contribution in [0, 0.1) is 5.82 Å². The highest BCUT2D eigenvalue weighted by molar-refractivity contribution is 7.92. The third kappa shape index (κ3) is 4.86. The van der Waals surface area contributed by atoms with Crippen LogP contribution >= 0.6 is 22.9 Å². The normalized spacial score (nSPS) is 15.3. The average Bonchev–Trinajstić information content (AvgIpc) is 3.24. The number of rotatable bonds is 6. The number of methoxy groups -OCH3 is 1. The molecule has 0 radical (unpaired) electrons. The maximum absolute atomic E-state index is 13.4. The molecule has 1 fully saturated rings. The van der Waals surface area contributed by atoms with Crippen LogP contribution in [0.15, 0.2) is 52.7 Å². The molecule has 31 heavy (non-hydrogen) atoms. The molecule has 0 N–H and O–H groups in total. The SMILES string of the molecule is COc1cccc(Cc2csc(N3CCC(S(=O)(=O)c4ccc(F)c(Cl)c4)CC3)n2)c1. The second-order valence-electron chi connectivity index (χ2n) is 7.46. The Balaban J connectivity index is 1.40. The number of halogens is 2. The lowest BCUT2D eigenvalue weighted by atomic mass is 10.1. The fourth-order valence-corrected chi connectivity index (χ4v) is 6.60. The van der Waals surface area contributed by atoms with Gasteiger partial charge in [-0.3, -0.25) is 0 Å². The number of benzene rings is 2. The Bertz CT molecular complexity index is 1180. The summed E-state index contributed by atoms with van der Waals surface area (Å²) in [6, 6.07) is 11.5. The van der Waals surface area contributed by atoms with Crippen LogP contribution in [0.25, 0.3) is 0 Å². The fraction of sp³-hybridized carbons (Fsp3) is 0.318. The smallest absolute Gasteiger partial charge is 0.185 e. The molecule has 0 atom stereocenters. The number of piperidine rings is 1. The van der Waals surface area contributed by atoms with E-state index in [-0.39, 0.29) is 9.92 Å². The minimum absolute atomic E-state index is 0.0761. The summed E-state index contributed by atoms with van der Waals surface area (Å²) in [5, 5.41) is 2.25. The van der Waals surface area contributed by atoms with Crippen molar-refractivity contribution >= 4 is 37.9 Å². The van der Waals surface area contributed by atoms with E-state index >= 15 is 0 Å². The number of aromatic nitrogens is 1. The molecular formula is C22H22ClFN2O3S2. The second-order valence-corrected chi connectivity index (χ2v) is 10.9. The van der Waals surface area contributed by atoms with E-state index in [9.17, 15) is 12.8 Å². The highest BCUT2D eigenvalue weighted by Crippen LogP contribution is 2.31. The van der Waals surface area contributed by atoms with Crippen LogP contribution in [0.2, 0.25) is 5.02 Å². The van der Waals surface area contributed by atoms with E-state index in [0.29, 0.717) is 32.4 Å². The number of thiazole rings is 1. The van der Waals surface area contributed by atoms with Gasteiger partial charge in [0.05, 0.1) is 28.0 Å². The Hall–Kier alpha value is -2.16. The molecule has 1 aliphatic rings. The van der Waals surface area contributed by atoms with E-state index in [1.54, 1.807) is 18.4 Å². The van der Waals surface area contributed by atoms with Crippen LogP contribution in [-0.4, -0.2) is 38.9 Å². The summed E-state index contributed by atoms with van der Waals surface area (Å²) in [4.78, 5) is 6.95. The summed E-state index contributed by atoms with van der Waals surface area (Å²) in [6.07, 6.45) is 1.69. The lowest BCUT2D eigenvalue weighted by Crippen LogP contribution is -2.39. The van der Waals surface area contributed by atoms with Gasteiger partial charge in [-0.25, -0.2) is 17.8 Å². The second kappa shape index (κ2) is 9.14. The minimum Gasteiger partial charge on any atom is -0.497 e. The third-order valence-corrected chi connectivity index (χ3v) is 8.93.